The zero-order valence-corrected chi connectivity index (χ0v) is 13.4. The molecule has 1 aliphatic rings. The maximum Gasteiger partial charge on any atom is 0.148 e. The van der Waals surface area contributed by atoms with Gasteiger partial charge < -0.3 is 10.7 Å². The quantitative estimate of drug-likeness (QED) is 0.530. The first-order chi connectivity index (χ1) is 10.3. The van der Waals surface area contributed by atoms with Gasteiger partial charge in [0.05, 0.1) is 0 Å². The number of nitrogens with zero attached hydrogens (tertiary/aromatic N) is 2. The van der Waals surface area contributed by atoms with Crippen molar-refractivity contribution in [3.05, 3.63) is 11.9 Å². The Morgan fingerprint density at radius 3 is 2.38 bits per heavy atom. The molecule has 1 saturated carbocycles. The number of hydrazine groups is 1. The second-order valence-corrected chi connectivity index (χ2v) is 6.12. The summed E-state index contributed by atoms with van der Waals surface area (Å²) in [6.45, 7) is 5.47. The zero-order chi connectivity index (χ0) is 15.1. The second-order valence-electron chi connectivity index (χ2n) is 6.12. The fourth-order valence-corrected chi connectivity index (χ4v) is 3.26. The molecule has 4 N–H and O–H groups in total. The lowest BCUT2D eigenvalue weighted by Gasteiger charge is -2.28. The van der Waals surface area contributed by atoms with Crippen LogP contribution >= 0.6 is 0 Å². The van der Waals surface area contributed by atoms with E-state index in [1.165, 1.54) is 32.1 Å². The lowest BCUT2D eigenvalue weighted by Crippen LogP contribution is -2.22. The summed E-state index contributed by atoms with van der Waals surface area (Å²) in [6, 6.07) is 0. The van der Waals surface area contributed by atoms with Gasteiger partial charge in [-0.1, -0.05) is 39.5 Å². The monoisotopic (exact) mass is 291 g/mol. The van der Waals surface area contributed by atoms with Gasteiger partial charge in [-0.25, -0.2) is 15.8 Å². The van der Waals surface area contributed by atoms with E-state index in [4.69, 9.17) is 5.84 Å². The van der Waals surface area contributed by atoms with E-state index in [-0.39, 0.29) is 0 Å². The SMILES string of the molecule is CCCc1c(NN)ncnc1NCC1CCC(CC)CC1. The van der Waals surface area contributed by atoms with Crippen LogP contribution in [0.15, 0.2) is 6.33 Å². The topological polar surface area (TPSA) is 75.9 Å². The van der Waals surface area contributed by atoms with E-state index in [0.717, 1.165) is 48.4 Å². The first-order valence-corrected chi connectivity index (χ1v) is 8.32. The van der Waals surface area contributed by atoms with Gasteiger partial charge >= 0.3 is 0 Å². The third kappa shape index (κ3) is 4.30. The first-order valence-electron chi connectivity index (χ1n) is 8.32. The number of nitrogen functional groups attached to an aromatic ring is 1. The molecule has 1 aliphatic carbocycles. The Morgan fingerprint density at radius 1 is 1.10 bits per heavy atom. The van der Waals surface area contributed by atoms with E-state index < -0.39 is 0 Å². The molecule has 0 amide bonds. The van der Waals surface area contributed by atoms with Crippen molar-refractivity contribution in [1.82, 2.24) is 9.97 Å². The number of anilines is 2. The van der Waals surface area contributed by atoms with E-state index in [9.17, 15) is 0 Å². The van der Waals surface area contributed by atoms with Crippen molar-refractivity contribution in [1.29, 1.82) is 0 Å². The van der Waals surface area contributed by atoms with Crippen molar-refractivity contribution in [2.24, 2.45) is 17.7 Å². The fraction of sp³-hybridized carbons (Fsp3) is 0.750. The van der Waals surface area contributed by atoms with Crippen LogP contribution in [-0.4, -0.2) is 16.5 Å². The predicted molar refractivity (Wildman–Crippen MR) is 88.1 cm³/mol. The Balaban J connectivity index is 1.93. The highest BCUT2D eigenvalue weighted by atomic mass is 15.3. The molecule has 0 aromatic carbocycles. The van der Waals surface area contributed by atoms with Crippen LogP contribution in [-0.2, 0) is 6.42 Å². The summed E-state index contributed by atoms with van der Waals surface area (Å²) in [7, 11) is 0. The summed E-state index contributed by atoms with van der Waals surface area (Å²) in [4.78, 5) is 8.61. The minimum absolute atomic E-state index is 0.740. The smallest absolute Gasteiger partial charge is 0.148 e. The summed E-state index contributed by atoms with van der Waals surface area (Å²) in [5.41, 5.74) is 3.78. The van der Waals surface area contributed by atoms with Crippen molar-refractivity contribution in [2.75, 3.05) is 17.3 Å². The number of hydrogen-bond acceptors (Lipinski definition) is 5. The highest BCUT2D eigenvalue weighted by Crippen LogP contribution is 2.31. The normalized spacial score (nSPS) is 22.0. The summed E-state index contributed by atoms with van der Waals surface area (Å²) in [5, 5.41) is 3.53. The zero-order valence-electron chi connectivity index (χ0n) is 13.4. The lowest BCUT2D eigenvalue weighted by molar-refractivity contribution is 0.278. The third-order valence-corrected chi connectivity index (χ3v) is 4.68. The molecule has 0 aliphatic heterocycles. The molecule has 5 nitrogen and oxygen atoms in total. The van der Waals surface area contributed by atoms with Crippen molar-refractivity contribution in [2.45, 2.75) is 58.8 Å². The van der Waals surface area contributed by atoms with Crippen LogP contribution in [0, 0.1) is 11.8 Å². The molecular formula is C16H29N5. The van der Waals surface area contributed by atoms with Gasteiger partial charge in [0.2, 0.25) is 0 Å². The molecule has 0 spiro atoms. The number of nitrogens with one attached hydrogen (secondary N) is 2. The van der Waals surface area contributed by atoms with Crippen LogP contribution in [0.4, 0.5) is 11.6 Å². The maximum absolute atomic E-state index is 5.55. The number of hydrogen-bond donors (Lipinski definition) is 3. The Labute approximate surface area is 128 Å². The van der Waals surface area contributed by atoms with E-state index in [0.29, 0.717) is 0 Å². The molecule has 1 aromatic heterocycles. The van der Waals surface area contributed by atoms with Gasteiger partial charge in [-0.15, -0.1) is 0 Å². The summed E-state index contributed by atoms with van der Waals surface area (Å²) < 4.78 is 0. The molecule has 5 heteroatoms. The fourth-order valence-electron chi connectivity index (χ4n) is 3.26. The number of nitrogens with two attached hydrogens (primary N) is 1. The van der Waals surface area contributed by atoms with E-state index in [2.05, 4.69) is 34.6 Å². The molecule has 0 unspecified atom stereocenters. The molecule has 0 radical (unpaired) electrons. The van der Waals surface area contributed by atoms with Crippen molar-refractivity contribution in [3.8, 4) is 0 Å². The molecule has 1 aromatic rings. The average molecular weight is 291 g/mol. The van der Waals surface area contributed by atoms with Gasteiger partial charge in [0.25, 0.3) is 0 Å². The summed E-state index contributed by atoms with van der Waals surface area (Å²) in [6.07, 6.45) is 10.3. The molecule has 1 heterocycles. The second kappa shape index (κ2) is 8.17. The first kappa shape index (κ1) is 16.0. The van der Waals surface area contributed by atoms with Crippen LogP contribution in [0.25, 0.3) is 0 Å². The highest BCUT2D eigenvalue weighted by molar-refractivity contribution is 5.56. The molecule has 0 saturated heterocycles. The third-order valence-electron chi connectivity index (χ3n) is 4.68. The molecule has 0 bridgehead atoms. The van der Waals surface area contributed by atoms with Crippen molar-refractivity contribution < 1.29 is 0 Å². The van der Waals surface area contributed by atoms with Crippen LogP contribution in [0.3, 0.4) is 0 Å². The molecule has 0 atom stereocenters. The van der Waals surface area contributed by atoms with Gasteiger partial charge in [-0.2, -0.15) is 0 Å². The maximum atomic E-state index is 5.55. The Hall–Kier alpha value is -1.36. The largest absolute Gasteiger partial charge is 0.369 e. The van der Waals surface area contributed by atoms with Crippen LogP contribution < -0.4 is 16.6 Å². The highest BCUT2D eigenvalue weighted by Gasteiger charge is 2.20. The van der Waals surface area contributed by atoms with Gasteiger partial charge in [0, 0.05) is 12.1 Å². The standard InChI is InChI=1S/C16H29N5/c1-3-5-14-15(19-11-20-16(14)21-17)18-10-13-8-6-12(4-2)7-9-13/h11-13H,3-10,17H2,1-2H3,(H2,18,19,20,21). The minimum atomic E-state index is 0.740. The molecule has 21 heavy (non-hydrogen) atoms. The summed E-state index contributed by atoms with van der Waals surface area (Å²) >= 11 is 0. The van der Waals surface area contributed by atoms with Gasteiger partial charge in [0.15, 0.2) is 0 Å². The predicted octanol–water partition coefficient (Wildman–Crippen LogP) is 3.34. The molecule has 2 rings (SSSR count). The van der Waals surface area contributed by atoms with Crippen LogP contribution in [0.5, 0.6) is 0 Å². The Bertz CT molecular complexity index is 427. The minimum Gasteiger partial charge on any atom is -0.369 e. The van der Waals surface area contributed by atoms with Gasteiger partial charge in [-0.3, -0.25) is 0 Å². The molecule has 118 valence electrons. The van der Waals surface area contributed by atoms with Crippen molar-refractivity contribution in [3.63, 3.8) is 0 Å². The van der Waals surface area contributed by atoms with Gasteiger partial charge in [0.1, 0.15) is 18.0 Å². The van der Waals surface area contributed by atoms with E-state index in [1.807, 2.05) is 0 Å². The van der Waals surface area contributed by atoms with Crippen molar-refractivity contribution >= 4 is 11.6 Å². The van der Waals surface area contributed by atoms with Crippen LogP contribution in [0.2, 0.25) is 0 Å². The average Bonchev–Trinajstić information content (AvgIpc) is 2.54. The molecular weight excluding hydrogens is 262 g/mol. The van der Waals surface area contributed by atoms with Crippen LogP contribution in [0.1, 0.15) is 57.9 Å². The van der Waals surface area contributed by atoms with Gasteiger partial charge in [-0.05, 0) is 31.1 Å². The van der Waals surface area contributed by atoms with E-state index in [1.54, 1.807) is 6.33 Å². The Kier molecular flexibility index (Phi) is 6.23. The lowest BCUT2D eigenvalue weighted by atomic mass is 9.81. The molecule has 1 fully saturated rings. The number of aromatic nitrogens is 2. The van der Waals surface area contributed by atoms with E-state index >= 15 is 0 Å². The Morgan fingerprint density at radius 2 is 1.76 bits per heavy atom. The summed E-state index contributed by atoms with van der Waals surface area (Å²) in [5.74, 6) is 8.95. The number of rotatable bonds is 7.